The van der Waals surface area contributed by atoms with E-state index in [1.165, 1.54) is 18.3 Å². The van der Waals surface area contributed by atoms with Crippen LogP contribution in [0.2, 0.25) is 0 Å². The van der Waals surface area contributed by atoms with Crippen molar-refractivity contribution in [3.05, 3.63) is 47.8 Å². The third-order valence-corrected chi connectivity index (χ3v) is 3.77. The van der Waals surface area contributed by atoms with Gasteiger partial charge in [-0.15, -0.1) is 0 Å². The minimum absolute atomic E-state index is 0.0859. The fourth-order valence-corrected chi connectivity index (χ4v) is 2.64. The maximum Gasteiger partial charge on any atom is 0.337 e. The molecular formula is C14H13N3O4. The normalized spacial score (nSPS) is 24.1. The number of carboxylic acids is 1. The first kappa shape index (κ1) is 13.2. The van der Waals surface area contributed by atoms with Gasteiger partial charge in [0.25, 0.3) is 0 Å². The number of amides is 1. The minimum atomic E-state index is -1.45. The van der Waals surface area contributed by atoms with E-state index in [1.807, 2.05) is 0 Å². The molecule has 0 aliphatic carbocycles. The number of nitrogens with two attached hydrogens (primary N) is 1. The molecule has 1 aromatic carbocycles. The minimum Gasteiger partial charge on any atom is -0.478 e. The average Bonchev–Trinajstić information content (AvgIpc) is 3.01. The molecule has 1 aliphatic heterocycles. The number of primary amides is 1. The Kier molecular flexibility index (Phi) is 2.74. The fourth-order valence-electron chi connectivity index (χ4n) is 2.64. The van der Waals surface area contributed by atoms with E-state index in [2.05, 4.69) is 10.3 Å². The molecule has 21 heavy (non-hydrogen) atoms. The molecule has 1 amide bonds. The third kappa shape index (κ3) is 1.71. The van der Waals surface area contributed by atoms with Gasteiger partial charge >= 0.3 is 5.97 Å². The Morgan fingerprint density at radius 1 is 1.33 bits per heavy atom. The van der Waals surface area contributed by atoms with Crippen LogP contribution in [0.4, 0.5) is 0 Å². The number of hydrogen-bond donors (Lipinski definition) is 5. The molecular weight excluding hydrogens is 274 g/mol. The lowest BCUT2D eigenvalue weighted by Crippen LogP contribution is -2.50. The van der Waals surface area contributed by atoms with Crippen LogP contribution in [-0.2, 0) is 10.2 Å². The number of para-hydroxylation sites is 1. The third-order valence-electron chi connectivity index (χ3n) is 3.77. The largest absolute Gasteiger partial charge is 0.478 e. The van der Waals surface area contributed by atoms with Crippen LogP contribution in [0.1, 0.15) is 16.1 Å². The lowest BCUT2D eigenvalue weighted by molar-refractivity contribution is -0.125. The predicted octanol–water partition coefficient (Wildman–Crippen LogP) is 0.0245. The zero-order valence-electron chi connectivity index (χ0n) is 10.8. The fraction of sp³-hybridized carbons (Fsp3) is 0.143. The molecule has 7 heteroatoms. The van der Waals surface area contributed by atoms with E-state index in [0.29, 0.717) is 16.6 Å². The highest BCUT2D eigenvalue weighted by Crippen LogP contribution is 2.34. The quantitative estimate of drug-likeness (QED) is 0.544. The smallest absolute Gasteiger partial charge is 0.337 e. The standard InChI is InChI=1S/C14H13N3O4/c15-12(20)14(4-5-16-13(14)21)9-6-7-2-1-3-8(11(18)19)10(7)17-9/h1-6,13,16-17,21H,(H2,15,20)(H,18,19). The molecule has 7 nitrogen and oxygen atoms in total. The molecule has 108 valence electrons. The second kappa shape index (κ2) is 4.35. The van der Waals surface area contributed by atoms with Crippen molar-refractivity contribution in [3.8, 4) is 0 Å². The number of carbonyl (C=O) groups is 2. The van der Waals surface area contributed by atoms with E-state index >= 15 is 0 Å². The number of aliphatic hydroxyl groups excluding tert-OH is 1. The van der Waals surface area contributed by atoms with Crippen molar-refractivity contribution < 1.29 is 19.8 Å². The molecule has 2 heterocycles. The maximum absolute atomic E-state index is 11.9. The van der Waals surface area contributed by atoms with Crippen LogP contribution in [0.3, 0.4) is 0 Å². The van der Waals surface area contributed by atoms with Gasteiger partial charge in [0.1, 0.15) is 6.23 Å². The first-order valence-corrected chi connectivity index (χ1v) is 6.24. The Labute approximate surface area is 119 Å². The number of rotatable bonds is 3. The van der Waals surface area contributed by atoms with E-state index in [0.717, 1.165) is 0 Å². The van der Waals surface area contributed by atoms with E-state index in [1.54, 1.807) is 18.2 Å². The van der Waals surface area contributed by atoms with Crippen LogP contribution >= 0.6 is 0 Å². The van der Waals surface area contributed by atoms with Crippen molar-refractivity contribution in [1.82, 2.24) is 10.3 Å². The SMILES string of the molecule is NC(=O)C1(c2cc3cccc(C(=O)O)c3[nH]2)C=CNC1O. The molecule has 0 saturated carbocycles. The molecule has 6 N–H and O–H groups in total. The zero-order valence-corrected chi connectivity index (χ0v) is 10.8. The lowest BCUT2D eigenvalue weighted by Gasteiger charge is -2.26. The number of aromatic amines is 1. The molecule has 1 aliphatic rings. The summed E-state index contributed by atoms with van der Waals surface area (Å²) in [6, 6.07) is 6.41. The van der Waals surface area contributed by atoms with Crippen molar-refractivity contribution in [2.45, 2.75) is 11.6 Å². The Morgan fingerprint density at radius 3 is 2.67 bits per heavy atom. The molecule has 0 spiro atoms. The highest BCUT2D eigenvalue weighted by atomic mass is 16.4. The lowest BCUT2D eigenvalue weighted by atomic mass is 9.83. The van der Waals surface area contributed by atoms with Gasteiger partial charge in [0.15, 0.2) is 5.41 Å². The first-order chi connectivity index (χ1) is 9.96. The number of aromatic nitrogens is 1. The van der Waals surface area contributed by atoms with Gasteiger partial charge in [-0.3, -0.25) is 4.79 Å². The Hall–Kier alpha value is -2.80. The number of H-pyrrole nitrogens is 1. The van der Waals surface area contributed by atoms with Gasteiger partial charge in [-0.2, -0.15) is 0 Å². The van der Waals surface area contributed by atoms with Crippen LogP contribution in [0.25, 0.3) is 10.9 Å². The number of nitrogens with one attached hydrogen (secondary N) is 2. The van der Waals surface area contributed by atoms with Gasteiger partial charge in [0.2, 0.25) is 5.91 Å². The van der Waals surface area contributed by atoms with Crippen LogP contribution in [0.15, 0.2) is 36.5 Å². The van der Waals surface area contributed by atoms with Gasteiger partial charge in [-0.05, 0) is 24.4 Å². The summed E-state index contributed by atoms with van der Waals surface area (Å²) >= 11 is 0. The van der Waals surface area contributed by atoms with Crippen LogP contribution < -0.4 is 11.1 Å². The van der Waals surface area contributed by atoms with E-state index in [9.17, 15) is 19.8 Å². The number of carbonyl (C=O) groups excluding carboxylic acids is 1. The molecule has 0 fully saturated rings. The molecule has 3 rings (SSSR count). The van der Waals surface area contributed by atoms with Crippen molar-refractivity contribution in [3.63, 3.8) is 0 Å². The van der Waals surface area contributed by atoms with Gasteiger partial charge in [-0.25, -0.2) is 4.79 Å². The number of fused-ring (bicyclic) bond motifs is 1. The summed E-state index contributed by atoms with van der Waals surface area (Å²) in [4.78, 5) is 26.0. The second-order valence-electron chi connectivity index (χ2n) is 4.89. The highest BCUT2D eigenvalue weighted by molar-refractivity contribution is 6.03. The van der Waals surface area contributed by atoms with Crippen molar-refractivity contribution in [1.29, 1.82) is 0 Å². The summed E-state index contributed by atoms with van der Waals surface area (Å²) in [5.41, 5.74) is 4.81. The number of aromatic carboxylic acids is 1. The number of aliphatic hydroxyl groups is 1. The topological polar surface area (TPSA) is 128 Å². The highest BCUT2D eigenvalue weighted by Gasteiger charge is 2.47. The maximum atomic E-state index is 11.9. The van der Waals surface area contributed by atoms with Crippen LogP contribution in [0.5, 0.6) is 0 Å². The molecule has 0 bridgehead atoms. The molecule has 2 atom stereocenters. The van der Waals surface area contributed by atoms with Crippen molar-refractivity contribution >= 4 is 22.8 Å². The van der Waals surface area contributed by atoms with Gasteiger partial charge in [-0.1, -0.05) is 12.1 Å². The second-order valence-corrected chi connectivity index (χ2v) is 4.89. The van der Waals surface area contributed by atoms with Crippen LogP contribution in [-0.4, -0.2) is 33.3 Å². The Bertz CT molecular complexity index is 780. The molecule has 2 aromatic rings. The number of carboxylic acid groups (broad SMARTS) is 1. The summed E-state index contributed by atoms with van der Waals surface area (Å²) in [7, 11) is 0. The van der Waals surface area contributed by atoms with Crippen molar-refractivity contribution in [2.75, 3.05) is 0 Å². The van der Waals surface area contributed by atoms with Gasteiger partial charge < -0.3 is 26.2 Å². The summed E-state index contributed by atoms with van der Waals surface area (Å²) in [5, 5.41) is 22.5. The molecule has 2 unspecified atom stereocenters. The number of benzene rings is 1. The summed E-state index contributed by atoms with van der Waals surface area (Å²) < 4.78 is 0. The first-order valence-electron chi connectivity index (χ1n) is 6.24. The Morgan fingerprint density at radius 2 is 2.10 bits per heavy atom. The molecule has 1 aromatic heterocycles. The predicted molar refractivity (Wildman–Crippen MR) is 74.4 cm³/mol. The van der Waals surface area contributed by atoms with Crippen LogP contribution in [0, 0.1) is 0 Å². The van der Waals surface area contributed by atoms with Gasteiger partial charge in [0.05, 0.1) is 11.1 Å². The average molecular weight is 287 g/mol. The van der Waals surface area contributed by atoms with E-state index in [4.69, 9.17) is 5.73 Å². The summed E-state index contributed by atoms with van der Waals surface area (Å²) in [6.45, 7) is 0. The molecule has 0 saturated heterocycles. The zero-order chi connectivity index (χ0) is 15.2. The van der Waals surface area contributed by atoms with E-state index in [-0.39, 0.29) is 5.56 Å². The summed E-state index contributed by atoms with van der Waals surface area (Å²) in [5.74, 6) is -1.82. The Balaban J connectivity index is 2.26. The van der Waals surface area contributed by atoms with Crippen molar-refractivity contribution in [2.24, 2.45) is 5.73 Å². The number of hydrogen-bond acceptors (Lipinski definition) is 4. The van der Waals surface area contributed by atoms with Gasteiger partial charge in [0, 0.05) is 11.1 Å². The monoisotopic (exact) mass is 287 g/mol. The molecule has 0 radical (unpaired) electrons. The summed E-state index contributed by atoms with van der Waals surface area (Å²) in [6.07, 6.45) is 1.70. The van der Waals surface area contributed by atoms with E-state index < -0.39 is 23.5 Å².